The van der Waals surface area contributed by atoms with Crippen molar-refractivity contribution in [2.24, 2.45) is 0 Å². The number of hydrogen-bond donors (Lipinski definition) is 1. The van der Waals surface area contributed by atoms with E-state index < -0.39 is 0 Å². The zero-order chi connectivity index (χ0) is 13.5. The molecule has 0 unspecified atom stereocenters. The Morgan fingerprint density at radius 1 is 0.850 bits per heavy atom. The number of nitrogens with one attached hydrogen (secondary N) is 1. The molecule has 20 heavy (non-hydrogen) atoms. The minimum atomic E-state index is 0.897. The van der Waals surface area contributed by atoms with Crippen molar-refractivity contribution in [3.63, 3.8) is 0 Å². The summed E-state index contributed by atoms with van der Waals surface area (Å²) in [6.07, 6.45) is 0. The summed E-state index contributed by atoms with van der Waals surface area (Å²) in [4.78, 5) is 12.5. The third-order valence-electron chi connectivity index (χ3n) is 3.49. The highest BCUT2D eigenvalue weighted by Crippen LogP contribution is 2.24. The van der Waals surface area contributed by atoms with Crippen molar-refractivity contribution in [1.29, 1.82) is 0 Å². The third kappa shape index (κ3) is 1.75. The number of para-hydroxylation sites is 2. The van der Waals surface area contributed by atoms with Gasteiger partial charge in [-0.2, -0.15) is 0 Å². The van der Waals surface area contributed by atoms with Gasteiger partial charge in [-0.05, 0) is 43.3 Å². The fourth-order valence-corrected chi connectivity index (χ4v) is 2.46. The molecule has 96 valence electrons. The molecule has 0 atom stereocenters. The Morgan fingerprint density at radius 3 is 2.65 bits per heavy atom. The van der Waals surface area contributed by atoms with Gasteiger partial charge in [0.2, 0.25) is 0 Å². The van der Waals surface area contributed by atoms with Crippen LogP contribution >= 0.6 is 0 Å². The highest BCUT2D eigenvalue weighted by molar-refractivity contribution is 5.85. The molecule has 4 aromatic rings. The van der Waals surface area contributed by atoms with Gasteiger partial charge in [-0.3, -0.25) is 4.98 Å². The summed E-state index contributed by atoms with van der Waals surface area (Å²) >= 11 is 0. The smallest absolute Gasteiger partial charge is 0.138 e. The number of aromatic nitrogens is 3. The Bertz CT molecular complexity index is 889. The van der Waals surface area contributed by atoms with Gasteiger partial charge in [0.05, 0.1) is 16.6 Å². The maximum Gasteiger partial charge on any atom is 0.138 e. The van der Waals surface area contributed by atoms with E-state index in [0.29, 0.717) is 0 Å². The largest absolute Gasteiger partial charge is 0.338 e. The lowest BCUT2D eigenvalue weighted by Gasteiger charge is -2.01. The van der Waals surface area contributed by atoms with Gasteiger partial charge in [0, 0.05) is 16.6 Å². The normalized spacial score (nSPS) is 11.2. The van der Waals surface area contributed by atoms with E-state index in [0.717, 1.165) is 39.0 Å². The van der Waals surface area contributed by atoms with Gasteiger partial charge in [0.25, 0.3) is 0 Å². The van der Waals surface area contributed by atoms with Crippen LogP contribution in [0.1, 0.15) is 5.69 Å². The average molecular weight is 259 g/mol. The molecule has 0 saturated carbocycles. The van der Waals surface area contributed by atoms with E-state index >= 15 is 0 Å². The van der Waals surface area contributed by atoms with E-state index in [2.05, 4.69) is 33.2 Å². The van der Waals surface area contributed by atoms with Crippen molar-refractivity contribution in [1.82, 2.24) is 15.0 Å². The summed E-state index contributed by atoms with van der Waals surface area (Å²) in [5.74, 6) is 0.897. The molecule has 3 nitrogen and oxygen atoms in total. The molecular formula is C17H13N3. The lowest BCUT2D eigenvalue weighted by Crippen LogP contribution is -1.85. The Balaban J connectivity index is 1.90. The van der Waals surface area contributed by atoms with Crippen molar-refractivity contribution >= 4 is 21.9 Å². The van der Waals surface area contributed by atoms with E-state index in [-0.39, 0.29) is 0 Å². The summed E-state index contributed by atoms with van der Waals surface area (Å²) < 4.78 is 0. The number of rotatable bonds is 1. The molecule has 2 aromatic heterocycles. The standard InChI is InChI=1S/C17H13N3/c1-11-6-7-12-10-13(8-9-14(12)18-11)17-19-15-4-2-3-5-16(15)20-17/h2-10H,1H3,(H,19,20). The van der Waals surface area contributed by atoms with Crippen LogP contribution in [0.2, 0.25) is 0 Å². The molecule has 1 N–H and O–H groups in total. The van der Waals surface area contributed by atoms with Crippen LogP contribution in [-0.4, -0.2) is 15.0 Å². The first-order valence-corrected chi connectivity index (χ1v) is 6.62. The molecule has 0 aliphatic rings. The van der Waals surface area contributed by atoms with Crippen molar-refractivity contribution in [3.05, 3.63) is 60.3 Å². The quantitative estimate of drug-likeness (QED) is 0.559. The second kappa shape index (κ2) is 4.17. The van der Waals surface area contributed by atoms with Crippen LogP contribution in [-0.2, 0) is 0 Å². The van der Waals surface area contributed by atoms with Gasteiger partial charge in [0.1, 0.15) is 5.82 Å². The summed E-state index contributed by atoms with van der Waals surface area (Å²) in [7, 11) is 0. The second-order valence-corrected chi connectivity index (χ2v) is 4.96. The van der Waals surface area contributed by atoms with Gasteiger partial charge in [0.15, 0.2) is 0 Å². The van der Waals surface area contributed by atoms with E-state index in [1.807, 2.05) is 43.3 Å². The Hall–Kier alpha value is -2.68. The molecule has 0 fully saturated rings. The molecule has 0 amide bonds. The number of aryl methyl sites for hydroxylation is 1. The lowest BCUT2D eigenvalue weighted by molar-refractivity contribution is 1.25. The van der Waals surface area contributed by atoms with Crippen LogP contribution in [0.25, 0.3) is 33.3 Å². The van der Waals surface area contributed by atoms with E-state index in [4.69, 9.17) is 0 Å². The van der Waals surface area contributed by atoms with E-state index in [1.54, 1.807) is 0 Å². The first kappa shape index (κ1) is 11.2. The molecule has 4 rings (SSSR count). The van der Waals surface area contributed by atoms with Crippen LogP contribution in [0, 0.1) is 6.92 Å². The predicted molar refractivity (Wildman–Crippen MR) is 81.6 cm³/mol. The molecule has 2 aromatic carbocycles. The van der Waals surface area contributed by atoms with Gasteiger partial charge < -0.3 is 4.98 Å². The number of aromatic amines is 1. The summed E-state index contributed by atoms with van der Waals surface area (Å²) in [5.41, 5.74) is 5.19. The highest BCUT2D eigenvalue weighted by atomic mass is 14.9. The Morgan fingerprint density at radius 2 is 1.75 bits per heavy atom. The molecule has 0 spiro atoms. The lowest BCUT2D eigenvalue weighted by atomic mass is 10.1. The third-order valence-corrected chi connectivity index (χ3v) is 3.49. The summed E-state index contributed by atoms with van der Waals surface area (Å²) in [6, 6.07) is 18.4. The van der Waals surface area contributed by atoms with E-state index in [1.165, 1.54) is 0 Å². The molecular weight excluding hydrogens is 246 g/mol. The predicted octanol–water partition coefficient (Wildman–Crippen LogP) is 4.09. The molecule has 0 bridgehead atoms. The van der Waals surface area contributed by atoms with Crippen molar-refractivity contribution in [3.8, 4) is 11.4 Å². The van der Waals surface area contributed by atoms with Crippen molar-refractivity contribution < 1.29 is 0 Å². The summed E-state index contributed by atoms with van der Waals surface area (Å²) in [5, 5.41) is 1.13. The van der Waals surface area contributed by atoms with Crippen molar-refractivity contribution in [2.75, 3.05) is 0 Å². The zero-order valence-electron chi connectivity index (χ0n) is 11.1. The number of fused-ring (bicyclic) bond motifs is 2. The molecule has 0 aliphatic carbocycles. The number of pyridine rings is 1. The Kier molecular flexibility index (Phi) is 2.33. The maximum absolute atomic E-state index is 4.63. The average Bonchev–Trinajstić information content (AvgIpc) is 2.90. The van der Waals surface area contributed by atoms with Gasteiger partial charge >= 0.3 is 0 Å². The van der Waals surface area contributed by atoms with Crippen LogP contribution < -0.4 is 0 Å². The SMILES string of the molecule is Cc1ccc2cc(-c3nc4ccccc4[nH]3)ccc2n1. The van der Waals surface area contributed by atoms with Gasteiger partial charge in [-0.25, -0.2) is 4.98 Å². The van der Waals surface area contributed by atoms with Gasteiger partial charge in [-0.1, -0.05) is 18.2 Å². The number of benzene rings is 2. The minimum Gasteiger partial charge on any atom is -0.338 e. The number of hydrogen-bond acceptors (Lipinski definition) is 2. The fraction of sp³-hybridized carbons (Fsp3) is 0.0588. The topological polar surface area (TPSA) is 41.6 Å². The summed E-state index contributed by atoms with van der Waals surface area (Å²) in [6.45, 7) is 2.01. The number of H-pyrrole nitrogens is 1. The highest BCUT2D eigenvalue weighted by Gasteiger charge is 2.06. The monoisotopic (exact) mass is 259 g/mol. The van der Waals surface area contributed by atoms with Crippen LogP contribution in [0.5, 0.6) is 0 Å². The molecule has 2 heterocycles. The van der Waals surface area contributed by atoms with Crippen molar-refractivity contribution in [2.45, 2.75) is 6.92 Å². The van der Waals surface area contributed by atoms with Crippen LogP contribution in [0.4, 0.5) is 0 Å². The molecule has 0 radical (unpaired) electrons. The first-order chi connectivity index (χ1) is 9.79. The molecule has 0 aliphatic heterocycles. The molecule has 0 saturated heterocycles. The minimum absolute atomic E-state index is 0.897. The number of nitrogens with zero attached hydrogens (tertiary/aromatic N) is 2. The van der Waals surface area contributed by atoms with Crippen LogP contribution in [0.15, 0.2) is 54.6 Å². The Labute approximate surface area is 116 Å². The van der Waals surface area contributed by atoms with E-state index in [9.17, 15) is 0 Å². The zero-order valence-corrected chi connectivity index (χ0v) is 11.1. The van der Waals surface area contributed by atoms with Crippen LogP contribution in [0.3, 0.4) is 0 Å². The second-order valence-electron chi connectivity index (χ2n) is 4.96. The maximum atomic E-state index is 4.63. The van der Waals surface area contributed by atoms with Gasteiger partial charge in [-0.15, -0.1) is 0 Å². The first-order valence-electron chi connectivity index (χ1n) is 6.62. The number of imidazole rings is 1. The molecule has 3 heteroatoms. The fourth-order valence-electron chi connectivity index (χ4n) is 2.46.